The molecule has 0 amide bonds. The highest BCUT2D eigenvalue weighted by Crippen LogP contribution is 2.57. The number of carbonyl (C=O) groups excluding carboxylic acids is 1. The summed E-state index contributed by atoms with van der Waals surface area (Å²) in [7, 11) is 0. The Labute approximate surface area is 178 Å². The maximum Gasteiger partial charge on any atom is 0.303 e. The van der Waals surface area contributed by atoms with Crippen LogP contribution in [0.3, 0.4) is 0 Å². The van der Waals surface area contributed by atoms with Crippen molar-refractivity contribution in [2.75, 3.05) is 0 Å². The van der Waals surface area contributed by atoms with Crippen LogP contribution in [0.5, 0.6) is 5.75 Å². The van der Waals surface area contributed by atoms with Crippen molar-refractivity contribution < 1.29 is 36.2 Å². The largest absolute Gasteiger partial charge is 0.476 e. The highest BCUT2D eigenvalue weighted by Gasteiger charge is 2.67. The minimum Gasteiger partial charge on any atom is -0.476 e. The first-order valence-electron chi connectivity index (χ1n) is 9.47. The van der Waals surface area contributed by atoms with Gasteiger partial charge in [0.2, 0.25) is 0 Å². The summed E-state index contributed by atoms with van der Waals surface area (Å²) in [6.07, 6.45) is 2.61. The number of nitrogens with zero attached hydrogens (tertiary/aromatic N) is 3. The van der Waals surface area contributed by atoms with Crippen LogP contribution >= 0.6 is 0 Å². The normalized spacial score (nSPS) is 16.3. The summed E-state index contributed by atoms with van der Waals surface area (Å²) in [5.41, 5.74) is -3.97. The van der Waals surface area contributed by atoms with Crippen LogP contribution < -0.4 is 4.74 Å². The summed E-state index contributed by atoms with van der Waals surface area (Å²) in [4.78, 5) is 15.9. The van der Waals surface area contributed by atoms with Gasteiger partial charge in [0.05, 0.1) is 6.54 Å². The summed E-state index contributed by atoms with van der Waals surface area (Å²) in [5, 5.41) is 3.94. The fourth-order valence-electron chi connectivity index (χ4n) is 3.78. The van der Waals surface area contributed by atoms with Crippen LogP contribution in [-0.2, 0) is 21.7 Å². The summed E-state index contributed by atoms with van der Waals surface area (Å²) in [6, 6.07) is 3.46. The molecule has 32 heavy (non-hydrogen) atoms. The maximum atomic E-state index is 15.0. The van der Waals surface area contributed by atoms with Gasteiger partial charge in [-0.15, -0.1) is 0 Å². The first-order valence-corrected chi connectivity index (χ1v) is 9.47. The van der Waals surface area contributed by atoms with Crippen molar-refractivity contribution in [2.24, 2.45) is 0 Å². The van der Waals surface area contributed by atoms with Crippen molar-refractivity contribution in [3.63, 3.8) is 0 Å². The second-order valence-corrected chi connectivity index (χ2v) is 7.43. The van der Waals surface area contributed by atoms with Crippen molar-refractivity contribution in [1.82, 2.24) is 14.8 Å². The Morgan fingerprint density at radius 3 is 2.25 bits per heavy atom. The Kier molecular flexibility index (Phi) is 5.35. The number of ether oxygens (including phenoxy) is 2. The number of carbonyl (C=O) groups is 1. The molecule has 1 fully saturated rings. The van der Waals surface area contributed by atoms with E-state index in [0.717, 1.165) is 19.1 Å². The lowest BCUT2D eigenvalue weighted by atomic mass is 9.84. The Balaban J connectivity index is 1.91. The van der Waals surface area contributed by atoms with Crippen molar-refractivity contribution in [2.45, 2.75) is 37.5 Å². The molecule has 1 aliphatic carbocycles. The maximum absolute atomic E-state index is 15.0. The monoisotopic (exact) mass is 453 g/mol. The zero-order valence-corrected chi connectivity index (χ0v) is 16.6. The molecular weight excluding hydrogens is 437 g/mol. The number of aromatic nitrogens is 3. The molecule has 1 atom stereocenters. The van der Waals surface area contributed by atoms with Gasteiger partial charge in [-0.3, -0.25) is 4.79 Å². The van der Waals surface area contributed by atoms with Gasteiger partial charge in [0.1, 0.15) is 30.1 Å². The van der Waals surface area contributed by atoms with Gasteiger partial charge in [-0.05, 0) is 25.0 Å². The van der Waals surface area contributed by atoms with Gasteiger partial charge in [-0.1, -0.05) is 0 Å². The predicted molar refractivity (Wildman–Crippen MR) is 98.7 cm³/mol. The smallest absolute Gasteiger partial charge is 0.303 e. The van der Waals surface area contributed by atoms with Gasteiger partial charge < -0.3 is 9.47 Å². The molecule has 0 N–H and O–H groups in total. The molecule has 0 bridgehead atoms. The second-order valence-electron chi connectivity index (χ2n) is 7.43. The molecule has 1 aliphatic rings. The van der Waals surface area contributed by atoms with Crippen molar-refractivity contribution in [1.29, 1.82) is 0 Å². The lowest BCUT2D eigenvalue weighted by Gasteiger charge is -2.40. The van der Waals surface area contributed by atoms with Crippen LogP contribution in [0.15, 0.2) is 43.0 Å². The molecule has 2 aromatic carbocycles. The molecule has 11 heteroatoms. The van der Waals surface area contributed by atoms with Crippen LogP contribution in [0.4, 0.5) is 22.0 Å². The van der Waals surface area contributed by atoms with Crippen LogP contribution in [0.25, 0.3) is 0 Å². The molecule has 0 radical (unpaired) electrons. The summed E-state index contributed by atoms with van der Waals surface area (Å²) in [6.45, 7) is 0.701. The average Bonchev–Trinajstić information content (AvgIpc) is 3.31. The Morgan fingerprint density at radius 1 is 1.06 bits per heavy atom. The molecule has 1 unspecified atom stereocenters. The van der Waals surface area contributed by atoms with Gasteiger partial charge in [-0.25, -0.2) is 31.6 Å². The molecule has 168 valence electrons. The number of hydrogen-bond acceptors (Lipinski definition) is 5. The van der Waals surface area contributed by atoms with Crippen LogP contribution in [0.2, 0.25) is 0 Å². The summed E-state index contributed by atoms with van der Waals surface area (Å²) >= 11 is 0. The number of benzene rings is 2. The summed E-state index contributed by atoms with van der Waals surface area (Å²) < 4.78 is 83.2. The van der Waals surface area contributed by atoms with E-state index in [0.29, 0.717) is 18.2 Å². The molecule has 1 saturated carbocycles. The number of halogens is 5. The van der Waals surface area contributed by atoms with E-state index in [-0.39, 0.29) is 24.9 Å². The molecule has 6 nitrogen and oxygen atoms in total. The van der Waals surface area contributed by atoms with E-state index in [1.54, 1.807) is 0 Å². The topological polar surface area (TPSA) is 66.2 Å². The predicted octanol–water partition coefficient (Wildman–Crippen LogP) is 4.04. The lowest BCUT2D eigenvalue weighted by molar-refractivity contribution is -0.180. The quantitative estimate of drug-likeness (QED) is 0.399. The molecule has 4 rings (SSSR count). The molecule has 3 aromatic rings. The van der Waals surface area contributed by atoms with E-state index in [1.165, 1.54) is 17.3 Å². The highest BCUT2D eigenvalue weighted by molar-refractivity contribution is 5.67. The van der Waals surface area contributed by atoms with Gasteiger partial charge in [-0.2, -0.15) is 5.10 Å². The third-order valence-electron chi connectivity index (χ3n) is 5.24. The standard InChI is InChI=1S/C21H16F5N3O3/c1-12(30)31-21(9-29-11-27-10-28-29,15-3-2-13(22)6-16(15)24)20(4-5-20)32-19-17(25)7-14(23)8-18(19)26/h2-3,6-8,10-11H,4-5,9H2,1H3. The van der Waals surface area contributed by atoms with Crippen LogP contribution in [-0.4, -0.2) is 26.3 Å². The lowest BCUT2D eigenvalue weighted by Crippen LogP contribution is -2.52. The zero-order chi connectivity index (χ0) is 23.1. The highest BCUT2D eigenvalue weighted by atomic mass is 19.2. The SMILES string of the molecule is CC(=O)OC(Cn1cncn1)(c1ccc(F)cc1F)C1(Oc2c(F)cc(F)cc2F)CC1. The fraction of sp³-hybridized carbons (Fsp3) is 0.286. The zero-order valence-electron chi connectivity index (χ0n) is 16.6. The number of hydrogen-bond donors (Lipinski definition) is 0. The minimum absolute atomic E-state index is 0.0854. The Hall–Kier alpha value is -3.50. The summed E-state index contributed by atoms with van der Waals surface area (Å²) in [5.74, 6) is -7.54. The number of rotatable bonds is 7. The second kappa shape index (κ2) is 7.88. The van der Waals surface area contributed by atoms with Gasteiger partial charge >= 0.3 is 5.97 Å². The molecule has 0 spiro atoms. The van der Waals surface area contributed by atoms with E-state index in [4.69, 9.17) is 9.47 Å². The third kappa shape index (κ3) is 3.78. The Morgan fingerprint density at radius 2 is 1.72 bits per heavy atom. The Bertz CT molecular complexity index is 1140. The third-order valence-corrected chi connectivity index (χ3v) is 5.24. The van der Waals surface area contributed by atoms with Crippen molar-refractivity contribution >= 4 is 5.97 Å². The van der Waals surface area contributed by atoms with Gasteiger partial charge in [0.25, 0.3) is 0 Å². The first kappa shape index (κ1) is 21.7. The van der Waals surface area contributed by atoms with Gasteiger partial charge in [0, 0.05) is 30.7 Å². The minimum atomic E-state index is -2.02. The van der Waals surface area contributed by atoms with Gasteiger partial charge in [0.15, 0.2) is 28.6 Å². The van der Waals surface area contributed by atoms with Crippen LogP contribution in [0, 0.1) is 29.1 Å². The molecule has 1 heterocycles. The van der Waals surface area contributed by atoms with Crippen LogP contribution in [0.1, 0.15) is 25.3 Å². The van der Waals surface area contributed by atoms with E-state index in [2.05, 4.69) is 10.1 Å². The number of esters is 1. The molecular formula is C21H16F5N3O3. The van der Waals surface area contributed by atoms with Crippen molar-refractivity contribution in [3.8, 4) is 5.75 Å². The molecule has 0 aliphatic heterocycles. The van der Waals surface area contributed by atoms with E-state index in [9.17, 15) is 22.4 Å². The van der Waals surface area contributed by atoms with E-state index < -0.39 is 52.0 Å². The first-order chi connectivity index (χ1) is 15.2. The average molecular weight is 453 g/mol. The van der Waals surface area contributed by atoms with E-state index >= 15 is 4.39 Å². The molecule has 0 saturated heterocycles. The van der Waals surface area contributed by atoms with E-state index in [1.807, 2.05) is 0 Å². The fourth-order valence-corrected chi connectivity index (χ4v) is 3.78. The molecule has 1 aromatic heterocycles. The van der Waals surface area contributed by atoms with Crippen molar-refractivity contribution in [3.05, 3.63) is 77.6 Å².